The Morgan fingerprint density at radius 3 is 2.82 bits per heavy atom. The second-order valence-corrected chi connectivity index (χ2v) is 4.48. The van der Waals surface area contributed by atoms with E-state index in [1.807, 2.05) is 0 Å². The van der Waals surface area contributed by atoms with Crippen LogP contribution in [0.25, 0.3) is 0 Å². The molecule has 8 heteroatoms. The number of imide groups is 1. The molecule has 2 rings (SSSR count). The molecule has 0 radical (unpaired) electrons. The minimum Gasteiger partial charge on any atom is -0.375 e. The fraction of sp³-hybridized carbons (Fsp3) is 0.333. The number of carbonyl (C=O) groups excluding carboxylic acids is 3. The Bertz CT molecular complexity index is 498. The van der Waals surface area contributed by atoms with E-state index in [0.29, 0.717) is 0 Å². The van der Waals surface area contributed by atoms with Crippen LogP contribution in [0, 0.1) is 0 Å². The van der Waals surface area contributed by atoms with Crippen molar-refractivity contribution in [3.05, 3.63) is 11.1 Å². The summed E-state index contributed by atoms with van der Waals surface area (Å²) in [5, 5.41) is 4.23. The van der Waals surface area contributed by atoms with Crippen molar-refractivity contribution in [1.82, 2.24) is 15.2 Å². The molecular formula is C9H10N4O3S. The number of amides is 3. The lowest BCUT2D eigenvalue weighted by molar-refractivity contribution is -0.137. The number of likely N-dealkylation sites (N-methyl/N-ethyl adjacent to an activating group) is 1. The summed E-state index contributed by atoms with van der Waals surface area (Å²) in [6, 6.07) is -0.803. The van der Waals surface area contributed by atoms with Crippen molar-refractivity contribution < 1.29 is 14.4 Å². The third-order valence-corrected chi connectivity index (χ3v) is 3.12. The molecule has 0 aliphatic carbocycles. The van der Waals surface area contributed by atoms with Crippen molar-refractivity contribution in [3.63, 3.8) is 0 Å². The van der Waals surface area contributed by atoms with Crippen LogP contribution in [-0.2, 0) is 9.59 Å². The first-order valence-electron chi connectivity index (χ1n) is 4.81. The Balaban J connectivity index is 2.05. The van der Waals surface area contributed by atoms with Crippen LogP contribution in [0.5, 0.6) is 0 Å². The van der Waals surface area contributed by atoms with Crippen LogP contribution in [0.2, 0.25) is 0 Å². The van der Waals surface area contributed by atoms with Crippen molar-refractivity contribution in [3.8, 4) is 0 Å². The largest absolute Gasteiger partial charge is 0.375 e. The van der Waals surface area contributed by atoms with Gasteiger partial charge in [-0.25, -0.2) is 4.98 Å². The molecule has 7 nitrogen and oxygen atoms in total. The van der Waals surface area contributed by atoms with Gasteiger partial charge in [0.05, 0.1) is 6.42 Å². The van der Waals surface area contributed by atoms with E-state index in [1.54, 1.807) is 0 Å². The highest BCUT2D eigenvalue weighted by Gasteiger charge is 2.37. The molecule has 17 heavy (non-hydrogen) atoms. The zero-order chi connectivity index (χ0) is 12.6. The average molecular weight is 254 g/mol. The van der Waals surface area contributed by atoms with E-state index in [0.717, 1.165) is 16.2 Å². The van der Waals surface area contributed by atoms with Gasteiger partial charge in [-0.15, -0.1) is 11.3 Å². The first kappa shape index (κ1) is 11.5. The second-order valence-electron chi connectivity index (χ2n) is 3.59. The smallest absolute Gasteiger partial charge is 0.271 e. The lowest BCUT2D eigenvalue weighted by atomic mass is 10.2. The van der Waals surface area contributed by atoms with Gasteiger partial charge in [-0.2, -0.15) is 0 Å². The van der Waals surface area contributed by atoms with Crippen molar-refractivity contribution in [2.45, 2.75) is 12.5 Å². The summed E-state index contributed by atoms with van der Waals surface area (Å²) in [7, 11) is 1.39. The summed E-state index contributed by atoms with van der Waals surface area (Å²) in [5.41, 5.74) is 5.55. The molecule has 1 atom stereocenters. The molecule has 2 heterocycles. The number of carbonyl (C=O) groups is 3. The van der Waals surface area contributed by atoms with Gasteiger partial charge in [-0.1, -0.05) is 0 Å². The SMILES string of the molecule is CN1C(=O)CC(NC(=O)c2csc(N)n2)C1=O. The van der Waals surface area contributed by atoms with Gasteiger partial charge in [0.2, 0.25) is 5.91 Å². The van der Waals surface area contributed by atoms with E-state index in [2.05, 4.69) is 10.3 Å². The summed E-state index contributed by atoms with van der Waals surface area (Å²) in [6.45, 7) is 0. The van der Waals surface area contributed by atoms with Gasteiger partial charge in [-0.05, 0) is 0 Å². The van der Waals surface area contributed by atoms with Crippen molar-refractivity contribution >= 4 is 34.2 Å². The molecule has 0 spiro atoms. The van der Waals surface area contributed by atoms with Crippen molar-refractivity contribution in [2.75, 3.05) is 12.8 Å². The van der Waals surface area contributed by atoms with Gasteiger partial charge in [-0.3, -0.25) is 19.3 Å². The number of nitrogen functional groups attached to an aromatic ring is 1. The maximum absolute atomic E-state index is 11.7. The molecule has 1 aliphatic rings. The number of nitrogens with two attached hydrogens (primary N) is 1. The number of nitrogens with zero attached hydrogens (tertiary/aromatic N) is 2. The molecule has 1 saturated heterocycles. The fourth-order valence-corrected chi connectivity index (χ4v) is 2.04. The molecule has 3 amide bonds. The Morgan fingerprint density at radius 2 is 2.35 bits per heavy atom. The highest BCUT2D eigenvalue weighted by atomic mass is 32.1. The lowest BCUT2D eigenvalue weighted by Gasteiger charge is -2.09. The number of aromatic nitrogens is 1. The molecule has 0 aromatic carbocycles. The van der Waals surface area contributed by atoms with E-state index in [1.165, 1.54) is 12.4 Å². The van der Waals surface area contributed by atoms with Crippen LogP contribution < -0.4 is 11.1 Å². The van der Waals surface area contributed by atoms with Crippen molar-refractivity contribution in [2.24, 2.45) is 0 Å². The Hall–Kier alpha value is -1.96. The van der Waals surface area contributed by atoms with Gasteiger partial charge in [0.15, 0.2) is 5.13 Å². The summed E-state index contributed by atoms with van der Waals surface area (Å²) in [6.07, 6.45) is -0.0132. The maximum atomic E-state index is 11.7. The lowest BCUT2D eigenvalue weighted by Crippen LogP contribution is -2.40. The van der Waals surface area contributed by atoms with Crippen LogP contribution in [0.1, 0.15) is 16.9 Å². The van der Waals surface area contributed by atoms with Crippen LogP contribution in [0.4, 0.5) is 5.13 Å². The predicted octanol–water partition coefficient (Wildman–Crippen LogP) is -0.788. The fourth-order valence-electron chi connectivity index (χ4n) is 1.49. The Labute approximate surface area is 101 Å². The zero-order valence-electron chi connectivity index (χ0n) is 8.97. The van der Waals surface area contributed by atoms with E-state index < -0.39 is 17.9 Å². The third-order valence-electron chi connectivity index (χ3n) is 2.44. The van der Waals surface area contributed by atoms with Gasteiger partial charge in [0.1, 0.15) is 11.7 Å². The molecule has 0 bridgehead atoms. The van der Waals surface area contributed by atoms with Gasteiger partial charge in [0.25, 0.3) is 11.8 Å². The van der Waals surface area contributed by atoms with E-state index >= 15 is 0 Å². The molecule has 1 aromatic heterocycles. The molecule has 90 valence electrons. The van der Waals surface area contributed by atoms with Gasteiger partial charge < -0.3 is 11.1 Å². The number of hydrogen-bond acceptors (Lipinski definition) is 6. The number of nitrogens with one attached hydrogen (secondary N) is 1. The Morgan fingerprint density at radius 1 is 1.65 bits per heavy atom. The molecule has 1 aromatic rings. The highest BCUT2D eigenvalue weighted by Crippen LogP contribution is 2.14. The van der Waals surface area contributed by atoms with Crippen LogP contribution in [0.3, 0.4) is 0 Å². The molecule has 1 fully saturated rings. The topological polar surface area (TPSA) is 105 Å². The van der Waals surface area contributed by atoms with Gasteiger partial charge >= 0.3 is 0 Å². The number of anilines is 1. The number of likely N-dealkylation sites (tertiary alicyclic amines) is 1. The van der Waals surface area contributed by atoms with Gasteiger partial charge in [0, 0.05) is 12.4 Å². The molecule has 1 unspecified atom stereocenters. The van der Waals surface area contributed by atoms with Crippen LogP contribution >= 0.6 is 11.3 Å². The van der Waals surface area contributed by atoms with Crippen LogP contribution in [-0.4, -0.2) is 40.7 Å². The first-order valence-corrected chi connectivity index (χ1v) is 5.69. The normalized spacial score (nSPS) is 19.8. The summed E-state index contributed by atoms with van der Waals surface area (Å²) >= 11 is 1.14. The Kier molecular flexibility index (Phi) is 2.80. The summed E-state index contributed by atoms with van der Waals surface area (Å²) in [4.78, 5) is 39.2. The van der Waals surface area contributed by atoms with Crippen LogP contribution in [0.15, 0.2) is 5.38 Å². The molecular weight excluding hydrogens is 244 g/mol. The molecule has 0 saturated carbocycles. The number of rotatable bonds is 2. The molecule has 1 aliphatic heterocycles. The average Bonchev–Trinajstić information content (AvgIpc) is 2.80. The van der Waals surface area contributed by atoms with E-state index in [-0.39, 0.29) is 23.2 Å². The second kappa shape index (κ2) is 4.13. The first-order chi connectivity index (χ1) is 7.99. The minimum atomic E-state index is -0.803. The molecule has 3 N–H and O–H groups in total. The number of thiazole rings is 1. The number of hydrogen-bond donors (Lipinski definition) is 2. The third kappa shape index (κ3) is 2.11. The predicted molar refractivity (Wildman–Crippen MR) is 60.2 cm³/mol. The monoisotopic (exact) mass is 254 g/mol. The highest BCUT2D eigenvalue weighted by molar-refractivity contribution is 7.13. The van der Waals surface area contributed by atoms with Crippen molar-refractivity contribution in [1.29, 1.82) is 0 Å². The minimum absolute atomic E-state index is 0.0132. The zero-order valence-corrected chi connectivity index (χ0v) is 9.78. The standard InChI is InChI=1S/C9H10N4O3S/c1-13-6(14)2-4(8(13)16)11-7(15)5-3-17-9(10)12-5/h3-4H,2H2,1H3,(H2,10,12)(H,11,15). The quantitative estimate of drug-likeness (QED) is 0.673. The van der Waals surface area contributed by atoms with E-state index in [9.17, 15) is 14.4 Å². The summed E-state index contributed by atoms with van der Waals surface area (Å²) < 4.78 is 0. The van der Waals surface area contributed by atoms with E-state index in [4.69, 9.17) is 5.73 Å². The maximum Gasteiger partial charge on any atom is 0.271 e. The summed E-state index contributed by atoms with van der Waals surface area (Å²) in [5.74, 6) is -1.22.